The van der Waals surface area contributed by atoms with Crippen molar-refractivity contribution < 1.29 is 34.1 Å². The van der Waals surface area contributed by atoms with Crippen LogP contribution in [0.5, 0.6) is 5.75 Å². The smallest absolute Gasteiger partial charge is 0.335 e. The SMILES string of the molecule is O=C1NC(=S)N(c2cccc(C(=O)O)c2)C(=O)C1=Cc1c(OCc2ccc(C(=O)O)cc2)ccc2ccccc12. The minimum Gasteiger partial charge on any atom is -0.488 e. The van der Waals surface area contributed by atoms with Crippen molar-refractivity contribution >= 4 is 63.6 Å². The number of carbonyl (C=O) groups is 4. The van der Waals surface area contributed by atoms with E-state index >= 15 is 0 Å². The van der Waals surface area contributed by atoms with E-state index in [1.165, 1.54) is 42.5 Å². The lowest BCUT2D eigenvalue weighted by Crippen LogP contribution is -2.54. The van der Waals surface area contributed by atoms with Gasteiger partial charge in [-0.2, -0.15) is 0 Å². The third-order valence-corrected chi connectivity index (χ3v) is 6.55. The maximum atomic E-state index is 13.6. The van der Waals surface area contributed by atoms with Crippen LogP contribution in [-0.2, 0) is 16.2 Å². The number of aromatic carboxylic acids is 2. The van der Waals surface area contributed by atoms with E-state index in [0.29, 0.717) is 11.3 Å². The van der Waals surface area contributed by atoms with E-state index in [2.05, 4.69) is 5.32 Å². The number of ether oxygens (including phenoxy) is 1. The van der Waals surface area contributed by atoms with Crippen LogP contribution in [0.25, 0.3) is 16.8 Å². The van der Waals surface area contributed by atoms with Crippen LogP contribution >= 0.6 is 12.2 Å². The fourth-order valence-corrected chi connectivity index (χ4v) is 4.55. The number of nitrogens with one attached hydrogen (secondary N) is 1. The minimum absolute atomic E-state index is 0.0448. The molecule has 0 atom stereocenters. The van der Waals surface area contributed by atoms with E-state index < -0.39 is 23.8 Å². The number of benzene rings is 4. The molecule has 0 saturated carbocycles. The van der Waals surface area contributed by atoms with Gasteiger partial charge in [-0.1, -0.05) is 48.5 Å². The molecule has 5 rings (SSSR count). The van der Waals surface area contributed by atoms with E-state index in [4.69, 9.17) is 22.1 Å². The molecule has 1 aliphatic rings. The van der Waals surface area contributed by atoms with Gasteiger partial charge in [0.15, 0.2) is 5.11 Å². The average molecular weight is 553 g/mol. The second-order valence-electron chi connectivity index (χ2n) is 8.80. The zero-order valence-electron chi connectivity index (χ0n) is 20.7. The van der Waals surface area contributed by atoms with Crippen molar-refractivity contribution in [3.05, 3.63) is 113 Å². The van der Waals surface area contributed by atoms with Crippen LogP contribution in [-0.4, -0.2) is 39.1 Å². The summed E-state index contributed by atoms with van der Waals surface area (Å²) in [4.78, 5) is 50.3. The molecular weight excluding hydrogens is 532 g/mol. The predicted molar refractivity (Wildman–Crippen MR) is 151 cm³/mol. The van der Waals surface area contributed by atoms with E-state index in [-0.39, 0.29) is 34.1 Å². The summed E-state index contributed by atoms with van der Waals surface area (Å²) in [6.45, 7) is 0.104. The Morgan fingerprint density at radius 3 is 2.33 bits per heavy atom. The van der Waals surface area contributed by atoms with E-state index in [1.807, 2.05) is 30.3 Å². The highest BCUT2D eigenvalue weighted by Gasteiger charge is 2.35. The molecule has 0 spiro atoms. The number of amides is 2. The molecule has 0 bridgehead atoms. The van der Waals surface area contributed by atoms with E-state index in [0.717, 1.165) is 21.2 Å². The summed E-state index contributed by atoms with van der Waals surface area (Å²) in [6.07, 6.45) is 1.43. The molecule has 0 unspecified atom stereocenters. The Bertz CT molecular complexity index is 1750. The Morgan fingerprint density at radius 1 is 0.875 bits per heavy atom. The Hall–Kier alpha value is -5.35. The lowest BCUT2D eigenvalue weighted by Gasteiger charge is -2.29. The first kappa shape index (κ1) is 26.3. The number of thiocarbonyl (C=S) groups is 1. The maximum Gasteiger partial charge on any atom is 0.335 e. The van der Waals surface area contributed by atoms with Crippen molar-refractivity contribution in [2.75, 3.05) is 4.90 Å². The second-order valence-corrected chi connectivity index (χ2v) is 9.19. The highest BCUT2D eigenvalue weighted by Crippen LogP contribution is 2.32. The maximum absolute atomic E-state index is 13.6. The van der Waals surface area contributed by atoms with Gasteiger partial charge < -0.3 is 14.9 Å². The van der Waals surface area contributed by atoms with Crippen LogP contribution in [0.15, 0.2) is 90.5 Å². The Morgan fingerprint density at radius 2 is 1.60 bits per heavy atom. The first-order valence-corrected chi connectivity index (χ1v) is 12.4. The van der Waals surface area contributed by atoms with Crippen LogP contribution in [0.3, 0.4) is 0 Å². The average Bonchev–Trinajstić information content (AvgIpc) is 2.94. The first-order valence-electron chi connectivity index (χ1n) is 11.9. The summed E-state index contributed by atoms with van der Waals surface area (Å²) in [5, 5.41) is 22.4. The number of fused-ring (bicyclic) bond motifs is 1. The number of hydrogen-bond acceptors (Lipinski definition) is 6. The van der Waals surface area contributed by atoms with Gasteiger partial charge in [-0.3, -0.25) is 19.8 Å². The minimum atomic E-state index is -1.17. The molecule has 1 saturated heterocycles. The van der Waals surface area contributed by atoms with Crippen LogP contribution in [0.2, 0.25) is 0 Å². The second kappa shape index (κ2) is 10.8. The molecule has 1 heterocycles. The molecule has 198 valence electrons. The monoisotopic (exact) mass is 552 g/mol. The normalized spacial score (nSPS) is 14.3. The van der Waals surface area contributed by atoms with Crippen LogP contribution < -0.4 is 15.0 Å². The van der Waals surface area contributed by atoms with Crippen molar-refractivity contribution in [2.45, 2.75) is 6.61 Å². The molecule has 2 amide bonds. The Kier molecular flexibility index (Phi) is 7.09. The number of hydrogen-bond donors (Lipinski definition) is 3. The third kappa shape index (κ3) is 5.16. The quantitative estimate of drug-likeness (QED) is 0.172. The van der Waals surface area contributed by atoms with Gasteiger partial charge in [0, 0.05) is 5.56 Å². The summed E-state index contributed by atoms with van der Waals surface area (Å²) in [6, 6.07) is 22.9. The van der Waals surface area contributed by atoms with Crippen LogP contribution in [0.1, 0.15) is 31.8 Å². The van der Waals surface area contributed by atoms with Gasteiger partial charge in [0.25, 0.3) is 11.8 Å². The summed E-state index contributed by atoms with van der Waals surface area (Å²) in [5.41, 5.74) is 1.28. The van der Waals surface area contributed by atoms with Crippen molar-refractivity contribution in [2.24, 2.45) is 0 Å². The number of anilines is 1. The van der Waals surface area contributed by atoms with Gasteiger partial charge in [-0.25, -0.2) is 9.59 Å². The highest BCUT2D eigenvalue weighted by molar-refractivity contribution is 7.80. The predicted octanol–water partition coefficient (Wildman–Crippen LogP) is 4.65. The van der Waals surface area contributed by atoms with E-state index in [1.54, 1.807) is 18.2 Å². The molecule has 4 aromatic rings. The van der Waals surface area contributed by atoms with Gasteiger partial charge in [0.05, 0.1) is 16.8 Å². The van der Waals surface area contributed by atoms with Crippen molar-refractivity contribution in [3.8, 4) is 5.75 Å². The molecule has 40 heavy (non-hydrogen) atoms. The molecular formula is C30H20N2O7S. The van der Waals surface area contributed by atoms with Crippen LogP contribution in [0, 0.1) is 0 Å². The molecule has 9 nitrogen and oxygen atoms in total. The molecule has 1 fully saturated rings. The number of carboxylic acids is 2. The summed E-state index contributed by atoms with van der Waals surface area (Å²) in [7, 11) is 0. The van der Waals surface area contributed by atoms with Gasteiger partial charge >= 0.3 is 11.9 Å². The zero-order valence-corrected chi connectivity index (χ0v) is 21.5. The number of nitrogens with zero attached hydrogens (tertiary/aromatic N) is 1. The van der Waals surface area contributed by atoms with E-state index in [9.17, 15) is 24.3 Å². The molecule has 0 aliphatic carbocycles. The fourth-order valence-electron chi connectivity index (χ4n) is 4.27. The molecule has 0 radical (unpaired) electrons. The summed E-state index contributed by atoms with van der Waals surface area (Å²) < 4.78 is 6.08. The summed E-state index contributed by atoms with van der Waals surface area (Å²) in [5.74, 6) is -3.24. The standard InChI is InChI=1S/C30H20N2O7S/c33-26-24(27(34)32(30(40)31-26)21-6-3-5-20(14-21)29(37)38)15-23-22-7-2-1-4-18(22)12-13-25(23)39-16-17-8-10-19(11-9-17)28(35)36/h1-15H,16H2,(H,35,36)(H,37,38)(H,31,33,40). The first-order chi connectivity index (χ1) is 19.2. The number of rotatable bonds is 7. The largest absolute Gasteiger partial charge is 0.488 e. The molecule has 3 N–H and O–H groups in total. The van der Waals surface area contributed by atoms with Crippen molar-refractivity contribution in [1.82, 2.24) is 5.32 Å². The van der Waals surface area contributed by atoms with Gasteiger partial charge in [-0.05, 0) is 71.0 Å². The lowest BCUT2D eigenvalue weighted by molar-refractivity contribution is -0.122. The third-order valence-electron chi connectivity index (χ3n) is 6.27. The van der Waals surface area contributed by atoms with Crippen molar-refractivity contribution in [3.63, 3.8) is 0 Å². The fraction of sp³-hybridized carbons (Fsp3) is 0.0333. The topological polar surface area (TPSA) is 133 Å². The van der Waals surface area contributed by atoms with Gasteiger partial charge in [0.2, 0.25) is 0 Å². The molecule has 10 heteroatoms. The lowest BCUT2D eigenvalue weighted by atomic mass is 9.99. The molecule has 4 aromatic carbocycles. The summed E-state index contributed by atoms with van der Waals surface area (Å²) >= 11 is 5.25. The van der Waals surface area contributed by atoms with Crippen molar-refractivity contribution in [1.29, 1.82) is 0 Å². The van der Waals surface area contributed by atoms with Gasteiger partial charge in [-0.15, -0.1) is 0 Å². The molecule has 0 aromatic heterocycles. The zero-order chi connectivity index (χ0) is 28.4. The number of carboxylic acid groups (broad SMARTS) is 2. The van der Waals surface area contributed by atoms with Gasteiger partial charge in [0.1, 0.15) is 17.9 Å². The Balaban J connectivity index is 1.55. The highest BCUT2D eigenvalue weighted by atomic mass is 32.1. The molecule has 1 aliphatic heterocycles. The number of carbonyl (C=O) groups excluding carboxylic acids is 2. The van der Waals surface area contributed by atoms with Crippen LogP contribution in [0.4, 0.5) is 5.69 Å². The Labute approximate surface area is 232 Å².